The first-order valence-corrected chi connectivity index (χ1v) is 4.62. The van der Waals surface area contributed by atoms with E-state index < -0.39 is 12.6 Å². The second-order valence-corrected chi connectivity index (χ2v) is 2.89. The third-order valence-corrected chi connectivity index (χ3v) is 1.91. The first-order chi connectivity index (χ1) is 6.77. The van der Waals surface area contributed by atoms with Gasteiger partial charge in [-0.05, 0) is 24.1 Å². The van der Waals surface area contributed by atoms with Crippen molar-refractivity contribution in [2.45, 2.75) is 13.3 Å². The second-order valence-electron chi connectivity index (χ2n) is 2.89. The number of carbonyl (C=O) groups is 1. The number of carbonyl (C=O) groups excluding carboxylic acids is 1. The number of rotatable bonds is 4. The zero-order valence-electron chi connectivity index (χ0n) is 8.16. The van der Waals surface area contributed by atoms with E-state index in [4.69, 9.17) is 4.74 Å². The van der Waals surface area contributed by atoms with Crippen molar-refractivity contribution in [3.05, 3.63) is 35.4 Å². The van der Waals surface area contributed by atoms with E-state index in [0.29, 0.717) is 5.56 Å². The number of benzene rings is 1. The first kappa shape index (κ1) is 10.7. The third kappa shape index (κ3) is 2.85. The van der Waals surface area contributed by atoms with E-state index in [0.717, 1.165) is 6.42 Å². The first-order valence-electron chi connectivity index (χ1n) is 4.62. The van der Waals surface area contributed by atoms with E-state index in [2.05, 4.69) is 0 Å². The second kappa shape index (κ2) is 5.40. The Hall–Kier alpha value is -1.35. The Morgan fingerprint density at radius 1 is 1.36 bits per heavy atom. The van der Waals surface area contributed by atoms with Gasteiger partial charge >= 0.3 is 5.97 Å². The zero-order chi connectivity index (χ0) is 10.4. The molecule has 0 spiro atoms. The van der Waals surface area contributed by atoms with Crippen molar-refractivity contribution in [3.8, 4) is 0 Å². The minimum atomic E-state index is -0.427. The van der Waals surface area contributed by atoms with Crippen LogP contribution in [0.1, 0.15) is 22.8 Å². The molecule has 0 bridgehead atoms. The number of esters is 1. The maximum atomic E-state index is 11.2. The van der Waals surface area contributed by atoms with Crippen molar-refractivity contribution < 1.29 is 14.6 Å². The molecule has 0 aromatic heterocycles. The monoisotopic (exact) mass is 193 g/mol. The molecule has 0 fully saturated rings. The molecule has 0 aliphatic rings. The van der Waals surface area contributed by atoms with Crippen LogP contribution in [-0.4, -0.2) is 19.2 Å². The van der Waals surface area contributed by atoms with E-state index in [9.17, 15) is 9.90 Å². The van der Waals surface area contributed by atoms with Gasteiger partial charge in [-0.25, -0.2) is 4.79 Å². The predicted molar refractivity (Wildman–Crippen MR) is 51.0 cm³/mol. The molecule has 0 N–H and O–H groups in total. The van der Waals surface area contributed by atoms with Crippen LogP contribution in [0.3, 0.4) is 0 Å². The van der Waals surface area contributed by atoms with Gasteiger partial charge in [-0.2, -0.15) is 0 Å². The fourth-order valence-electron chi connectivity index (χ4n) is 1.09. The standard InChI is InChI=1S/C11H13O3/c1-2-9-3-5-10(6-4-9)11(13)14-8-7-12/h3-6H,2,7-8H2,1H3/q-1. The zero-order valence-corrected chi connectivity index (χ0v) is 8.16. The van der Waals surface area contributed by atoms with Gasteiger partial charge in [0.25, 0.3) is 0 Å². The lowest BCUT2D eigenvalue weighted by molar-refractivity contribution is -0.371. The minimum Gasteiger partial charge on any atom is -0.852 e. The number of hydrogen-bond donors (Lipinski definition) is 0. The van der Waals surface area contributed by atoms with Crippen molar-refractivity contribution in [1.82, 2.24) is 0 Å². The molecule has 0 amide bonds. The normalized spacial score (nSPS) is 9.86. The molecule has 0 aliphatic carbocycles. The highest BCUT2D eigenvalue weighted by Crippen LogP contribution is 2.06. The summed E-state index contributed by atoms with van der Waals surface area (Å²) in [6.07, 6.45) is 0.940. The smallest absolute Gasteiger partial charge is 0.338 e. The topological polar surface area (TPSA) is 49.4 Å². The van der Waals surface area contributed by atoms with E-state index in [1.54, 1.807) is 12.1 Å². The van der Waals surface area contributed by atoms with Crippen LogP contribution < -0.4 is 5.11 Å². The van der Waals surface area contributed by atoms with E-state index >= 15 is 0 Å². The van der Waals surface area contributed by atoms with Gasteiger partial charge in [-0.15, -0.1) is 6.61 Å². The summed E-state index contributed by atoms with van der Waals surface area (Å²) in [7, 11) is 0. The van der Waals surface area contributed by atoms with Gasteiger partial charge in [-0.1, -0.05) is 19.1 Å². The van der Waals surface area contributed by atoms with Gasteiger partial charge in [0.05, 0.1) is 12.2 Å². The van der Waals surface area contributed by atoms with Crippen molar-refractivity contribution in [3.63, 3.8) is 0 Å². The Morgan fingerprint density at radius 2 is 2.00 bits per heavy atom. The maximum absolute atomic E-state index is 11.2. The molecule has 1 aromatic rings. The average molecular weight is 193 g/mol. The molecular weight excluding hydrogens is 180 g/mol. The Balaban J connectivity index is 2.62. The van der Waals surface area contributed by atoms with Crippen LogP contribution in [0.2, 0.25) is 0 Å². The Morgan fingerprint density at radius 3 is 2.50 bits per heavy atom. The van der Waals surface area contributed by atoms with Crippen molar-refractivity contribution in [2.75, 3.05) is 13.2 Å². The van der Waals surface area contributed by atoms with Crippen molar-refractivity contribution in [1.29, 1.82) is 0 Å². The summed E-state index contributed by atoms with van der Waals surface area (Å²) in [5, 5.41) is 10.1. The summed E-state index contributed by atoms with van der Waals surface area (Å²) < 4.78 is 4.70. The van der Waals surface area contributed by atoms with Crippen LogP contribution in [0, 0.1) is 0 Å². The quantitative estimate of drug-likeness (QED) is 0.663. The number of ether oxygens (including phenoxy) is 1. The van der Waals surface area contributed by atoms with E-state index in [1.165, 1.54) is 5.56 Å². The third-order valence-electron chi connectivity index (χ3n) is 1.91. The summed E-state index contributed by atoms with van der Waals surface area (Å²) in [6.45, 7) is 1.60. The lowest BCUT2D eigenvalue weighted by Crippen LogP contribution is -2.16. The number of hydrogen-bond acceptors (Lipinski definition) is 3. The highest BCUT2D eigenvalue weighted by atomic mass is 16.5. The molecule has 0 saturated heterocycles. The Labute approximate surface area is 83.3 Å². The van der Waals surface area contributed by atoms with Gasteiger partial charge in [-0.3, -0.25) is 0 Å². The maximum Gasteiger partial charge on any atom is 0.338 e. The van der Waals surface area contributed by atoms with Gasteiger partial charge in [0.1, 0.15) is 0 Å². The molecule has 76 valence electrons. The van der Waals surface area contributed by atoms with Crippen molar-refractivity contribution in [2.24, 2.45) is 0 Å². The van der Waals surface area contributed by atoms with E-state index in [1.807, 2.05) is 19.1 Å². The molecule has 1 aromatic carbocycles. The largest absolute Gasteiger partial charge is 0.852 e. The molecule has 14 heavy (non-hydrogen) atoms. The highest BCUT2D eigenvalue weighted by Gasteiger charge is 2.04. The molecule has 0 saturated carbocycles. The molecule has 3 heteroatoms. The summed E-state index contributed by atoms with van der Waals surface area (Å²) in [5.74, 6) is -0.427. The molecule has 0 heterocycles. The number of aryl methyl sites for hydroxylation is 1. The minimum absolute atomic E-state index is 0.0611. The van der Waals surface area contributed by atoms with Crippen LogP contribution in [-0.2, 0) is 11.2 Å². The molecule has 0 aliphatic heterocycles. The summed E-state index contributed by atoms with van der Waals surface area (Å²) in [4.78, 5) is 11.2. The molecule has 0 radical (unpaired) electrons. The average Bonchev–Trinajstić information content (AvgIpc) is 2.26. The van der Waals surface area contributed by atoms with Gasteiger partial charge in [0, 0.05) is 0 Å². The van der Waals surface area contributed by atoms with E-state index in [-0.39, 0.29) is 6.61 Å². The van der Waals surface area contributed by atoms with Crippen LogP contribution >= 0.6 is 0 Å². The van der Waals surface area contributed by atoms with Crippen LogP contribution in [0.5, 0.6) is 0 Å². The predicted octanol–water partition coefficient (Wildman–Crippen LogP) is 0.766. The molecule has 3 nitrogen and oxygen atoms in total. The molecule has 0 atom stereocenters. The lowest BCUT2D eigenvalue weighted by Gasteiger charge is -2.06. The SMILES string of the molecule is CCc1ccc(C(=O)OCC[O-])cc1. The van der Waals surface area contributed by atoms with Crippen LogP contribution in [0.4, 0.5) is 0 Å². The van der Waals surface area contributed by atoms with Gasteiger partial charge in [0.2, 0.25) is 0 Å². The molecule has 1 rings (SSSR count). The summed E-state index contributed by atoms with van der Waals surface area (Å²) in [5.41, 5.74) is 1.67. The Bertz CT molecular complexity index is 290. The molecule has 0 unspecified atom stereocenters. The summed E-state index contributed by atoms with van der Waals surface area (Å²) in [6, 6.07) is 7.19. The highest BCUT2D eigenvalue weighted by molar-refractivity contribution is 5.89. The van der Waals surface area contributed by atoms with Crippen LogP contribution in [0.25, 0.3) is 0 Å². The van der Waals surface area contributed by atoms with Gasteiger partial charge in [0.15, 0.2) is 0 Å². The Kier molecular flexibility index (Phi) is 4.13. The lowest BCUT2D eigenvalue weighted by atomic mass is 10.1. The van der Waals surface area contributed by atoms with Crippen molar-refractivity contribution >= 4 is 5.97 Å². The fraction of sp³-hybridized carbons (Fsp3) is 0.364. The fourth-order valence-corrected chi connectivity index (χ4v) is 1.09. The van der Waals surface area contributed by atoms with Crippen LogP contribution in [0.15, 0.2) is 24.3 Å². The summed E-state index contributed by atoms with van der Waals surface area (Å²) >= 11 is 0. The van der Waals surface area contributed by atoms with Gasteiger partial charge < -0.3 is 9.84 Å². The molecular formula is C11H13O3-.